The fourth-order valence-electron chi connectivity index (χ4n) is 6.83. The Balaban J connectivity index is 1.25. The zero-order valence-corrected chi connectivity index (χ0v) is 27.2. The minimum atomic E-state index is 0.696. The molecule has 0 aliphatic rings. The van der Waals surface area contributed by atoms with E-state index < -0.39 is 0 Å². The van der Waals surface area contributed by atoms with Crippen LogP contribution in [-0.2, 0) is 0 Å². The third kappa shape index (κ3) is 5.51. The van der Waals surface area contributed by atoms with Crippen molar-refractivity contribution in [3.05, 3.63) is 188 Å². The molecule has 9 rings (SSSR count). The van der Waals surface area contributed by atoms with Crippen molar-refractivity contribution in [1.29, 1.82) is 0 Å². The molecule has 3 nitrogen and oxygen atoms in total. The minimum Gasteiger partial charge on any atom is -0.248 e. The molecule has 3 heteroatoms. The molecule has 0 amide bonds. The van der Waals surface area contributed by atoms with Crippen LogP contribution in [0.25, 0.3) is 89.1 Å². The summed E-state index contributed by atoms with van der Waals surface area (Å²) in [7, 11) is 0. The zero-order valence-electron chi connectivity index (χ0n) is 27.2. The Hall–Kier alpha value is -6.71. The van der Waals surface area contributed by atoms with Gasteiger partial charge in [-0.1, -0.05) is 170 Å². The van der Waals surface area contributed by atoms with Gasteiger partial charge in [0, 0.05) is 27.6 Å². The van der Waals surface area contributed by atoms with Gasteiger partial charge in [-0.2, -0.15) is 0 Å². The molecule has 0 spiro atoms. The molecular weight excluding hydrogens is 607 g/mol. The van der Waals surface area contributed by atoms with Crippen LogP contribution in [0.5, 0.6) is 0 Å². The molecule has 7 aromatic carbocycles. The lowest BCUT2D eigenvalue weighted by atomic mass is 9.92. The molecule has 0 aliphatic heterocycles. The van der Waals surface area contributed by atoms with Crippen molar-refractivity contribution in [1.82, 2.24) is 15.0 Å². The smallest absolute Gasteiger partial charge is 0.160 e. The van der Waals surface area contributed by atoms with Gasteiger partial charge in [0.25, 0.3) is 0 Å². The number of rotatable bonds is 6. The predicted molar refractivity (Wildman–Crippen MR) is 207 cm³/mol. The van der Waals surface area contributed by atoms with Crippen molar-refractivity contribution in [2.45, 2.75) is 0 Å². The summed E-state index contributed by atoms with van der Waals surface area (Å²) >= 11 is 0. The third-order valence-electron chi connectivity index (χ3n) is 9.31. The highest BCUT2D eigenvalue weighted by Crippen LogP contribution is 2.40. The van der Waals surface area contributed by atoms with Crippen molar-refractivity contribution in [2.24, 2.45) is 0 Å². The summed E-state index contributed by atoms with van der Waals surface area (Å²) in [5, 5.41) is 3.39. The molecule has 0 aliphatic carbocycles. The number of nitrogens with zero attached hydrogens (tertiary/aromatic N) is 3. The third-order valence-corrected chi connectivity index (χ3v) is 9.31. The first-order valence-electron chi connectivity index (χ1n) is 16.9. The van der Waals surface area contributed by atoms with Crippen LogP contribution in [0.3, 0.4) is 0 Å². The number of hydrogen-bond donors (Lipinski definition) is 0. The van der Waals surface area contributed by atoms with Gasteiger partial charge in [-0.25, -0.2) is 15.0 Å². The SMILES string of the molecule is c1ccc(-c2ccc(-c3cc(-c4cccc5c4ccc4nc(-c6ccccc6)cc(-c6ccccc6)c45)nc(-c4ccccc4)n3)cc2)cc1. The lowest BCUT2D eigenvalue weighted by Gasteiger charge is -2.15. The molecule has 9 aromatic rings. The first-order valence-corrected chi connectivity index (χ1v) is 16.9. The van der Waals surface area contributed by atoms with Crippen molar-refractivity contribution in [3.63, 3.8) is 0 Å². The average Bonchev–Trinajstić information content (AvgIpc) is 3.21. The van der Waals surface area contributed by atoms with Crippen molar-refractivity contribution in [3.8, 4) is 67.4 Å². The Bertz CT molecular complexity index is 2600. The number of pyridine rings is 1. The van der Waals surface area contributed by atoms with Gasteiger partial charge in [-0.3, -0.25) is 0 Å². The lowest BCUT2D eigenvalue weighted by Crippen LogP contribution is -1.97. The molecule has 0 atom stereocenters. The molecule has 0 unspecified atom stereocenters. The van der Waals surface area contributed by atoms with Crippen LogP contribution in [0.15, 0.2) is 188 Å². The van der Waals surface area contributed by atoms with Crippen LogP contribution >= 0.6 is 0 Å². The maximum absolute atomic E-state index is 5.20. The van der Waals surface area contributed by atoms with Gasteiger partial charge in [0.1, 0.15) is 0 Å². The molecule has 2 heterocycles. The molecule has 50 heavy (non-hydrogen) atoms. The molecule has 0 N–H and O–H groups in total. The molecule has 0 bridgehead atoms. The van der Waals surface area contributed by atoms with Crippen LogP contribution in [0.2, 0.25) is 0 Å². The van der Waals surface area contributed by atoms with E-state index in [0.717, 1.165) is 72.1 Å². The normalized spacial score (nSPS) is 11.2. The number of fused-ring (bicyclic) bond motifs is 3. The second-order valence-electron chi connectivity index (χ2n) is 12.4. The summed E-state index contributed by atoms with van der Waals surface area (Å²) in [6.07, 6.45) is 0. The van der Waals surface area contributed by atoms with Crippen LogP contribution in [0.4, 0.5) is 0 Å². The summed E-state index contributed by atoms with van der Waals surface area (Å²) in [5.41, 5.74) is 12.5. The maximum atomic E-state index is 5.20. The van der Waals surface area contributed by atoms with Crippen LogP contribution in [0.1, 0.15) is 0 Å². The van der Waals surface area contributed by atoms with Crippen molar-refractivity contribution < 1.29 is 0 Å². The topological polar surface area (TPSA) is 38.7 Å². The summed E-state index contributed by atoms with van der Waals surface area (Å²) < 4.78 is 0. The van der Waals surface area contributed by atoms with E-state index in [2.05, 4.69) is 158 Å². The van der Waals surface area contributed by atoms with Crippen LogP contribution in [-0.4, -0.2) is 15.0 Å². The van der Waals surface area contributed by atoms with E-state index in [1.165, 1.54) is 11.1 Å². The highest BCUT2D eigenvalue weighted by atomic mass is 14.9. The van der Waals surface area contributed by atoms with E-state index in [-0.39, 0.29) is 0 Å². The first-order chi connectivity index (χ1) is 24.8. The van der Waals surface area contributed by atoms with Gasteiger partial charge in [0.2, 0.25) is 0 Å². The van der Waals surface area contributed by atoms with E-state index >= 15 is 0 Å². The summed E-state index contributed by atoms with van der Waals surface area (Å²) in [6, 6.07) is 65.6. The molecule has 0 saturated carbocycles. The van der Waals surface area contributed by atoms with Crippen LogP contribution < -0.4 is 0 Å². The monoisotopic (exact) mass is 637 g/mol. The summed E-state index contributed by atoms with van der Waals surface area (Å²) in [6.45, 7) is 0. The van der Waals surface area contributed by atoms with E-state index in [4.69, 9.17) is 15.0 Å². The van der Waals surface area contributed by atoms with E-state index in [9.17, 15) is 0 Å². The van der Waals surface area contributed by atoms with E-state index in [1.807, 2.05) is 30.3 Å². The second kappa shape index (κ2) is 12.7. The quantitative estimate of drug-likeness (QED) is 0.170. The molecule has 0 saturated heterocycles. The van der Waals surface area contributed by atoms with Crippen LogP contribution in [0, 0.1) is 0 Å². The van der Waals surface area contributed by atoms with Gasteiger partial charge in [-0.15, -0.1) is 0 Å². The largest absolute Gasteiger partial charge is 0.248 e. The molecule has 234 valence electrons. The van der Waals surface area contributed by atoms with Crippen molar-refractivity contribution >= 4 is 21.7 Å². The Morgan fingerprint density at radius 3 is 1.48 bits per heavy atom. The van der Waals surface area contributed by atoms with Gasteiger partial charge in [0.15, 0.2) is 5.82 Å². The Labute approximate surface area is 291 Å². The lowest BCUT2D eigenvalue weighted by molar-refractivity contribution is 1.18. The fraction of sp³-hybridized carbons (Fsp3) is 0. The zero-order chi connectivity index (χ0) is 33.3. The average molecular weight is 638 g/mol. The molecule has 2 aromatic heterocycles. The fourth-order valence-corrected chi connectivity index (χ4v) is 6.83. The maximum Gasteiger partial charge on any atom is 0.160 e. The van der Waals surface area contributed by atoms with E-state index in [0.29, 0.717) is 5.82 Å². The van der Waals surface area contributed by atoms with Gasteiger partial charge in [-0.05, 0) is 51.2 Å². The number of benzene rings is 7. The first kappa shape index (κ1) is 29.4. The standard InChI is InChI=1S/C47H31N3/c1-5-14-32(15-6-1)33-24-26-36(27-25-33)44-31-45(50-47(49-44)37-20-11-4-12-21-37)39-22-13-23-40-38(39)28-29-42-46(40)41(34-16-7-2-8-17-34)30-43(48-42)35-18-9-3-10-19-35/h1-31H. The molecule has 0 fully saturated rings. The Morgan fingerprint density at radius 1 is 0.280 bits per heavy atom. The Kier molecular flexibility index (Phi) is 7.49. The molecular formula is C47H31N3. The van der Waals surface area contributed by atoms with Gasteiger partial charge >= 0.3 is 0 Å². The minimum absolute atomic E-state index is 0.696. The second-order valence-corrected chi connectivity index (χ2v) is 12.4. The van der Waals surface area contributed by atoms with Crippen molar-refractivity contribution in [2.75, 3.05) is 0 Å². The predicted octanol–water partition coefficient (Wildman–Crippen LogP) is 12.2. The van der Waals surface area contributed by atoms with Gasteiger partial charge < -0.3 is 0 Å². The van der Waals surface area contributed by atoms with E-state index in [1.54, 1.807) is 0 Å². The number of aromatic nitrogens is 3. The number of hydrogen-bond acceptors (Lipinski definition) is 3. The van der Waals surface area contributed by atoms with Gasteiger partial charge in [0.05, 0.1) is 22.6 Å². The molecule has 0 radical (unpaired) electrons. The highest BCUT2D eigenvalue weighted by molar-refractivity contribution is 6.16. The summed E-state index contributed by atoms with van der Waals surface area (Å²) in [4.78, 5) is 15.5. The highest BCUT2D eigenvalue weighted by Gasteiger charge is 2.17. The Morgan fingerprint density at radius 2 is 0.800 bits per heavy atom. The summed E-state index contributed by atoms with van der Waals surface area (Å²) in [5.74, 6) is 0.696.